The fourth-order valence-corrected chi connectivity index (χ4v) is 2.77. The third kappa shape index (κ3) is 4.21. The van der Waals surface area contributed by atoms with E-state index in [0.29, 0.717) is 16.1 Å². The normalized spacial score (nSPS) is 10.5. The summed E-state index contributed by atoms with van der Waals surface area (Å²) in [7, 11) is 0. The number of halogens is 3. The van der Waals surface area contributed by atoms with E-state index in [1.165, 1.54) is 48.2 Å². The molecule has 0 aliphatic rings. The van der Waals surface area contributed by atoms with Gasteiger partial charge in [-0.25, -0.2) is 8.78 Å². The lowest BCUT2D eigenvalue weighted by Gasteiger charge is -2.08. The Labute approximate surface area is 136 Å². The van der Waals surface area contributed by atoms with Crippen molar-refractivity contribution >= 4 is 35.0 Å². The molecule has 0 unspecified atom stereocenters. The molecular weight excluding hydrogens is 328 g/mol. The Balaban J connectivity index is 2.16. The molecule has 2 aromatic rings. The van der Waals surface area contributed by atoms with E-state index < -0.39 is 11.7 Å². The highest BCUT2D eigenvalue weighted by atomic mass is 35.5. The van der Waals surface area contributed by atoms with Gasteiger partial charge in [0.05, 0.1) is 5.02 Å². The minimum Gasteiger partial charge on any atom is -0.322 e. The number of benzene rings is 2. The lowest BCUT2D eigenvalue weighted by molar-refractivity contribution is 0.102. The Kier molecular flexibility index (Phi) is 5.80. The third-order valence-corrected chi connectivity index (χ3v) is 4.36. The Morgan fingerprint density at radius 3 is 2.59 bits per heavy atom. The molecule has 2 rings (SSSR count). The molecule has 0 aliphatic heterocycles. The van der Waals surface area contributed by atoms with Gasteiger partial charge in [0.2, 0.25) is 0 Å². The van der Waals surface area contributed by atoms with Crippen molar-refractivity contribution in [1.29, 1.82) is 0 Å². The minimum atomic E-state index is -0.556. The maximum absolute atomic E-state index is 13.7. The number of thioether (sulfide) groups is 1. The monoisotopic (exact) mass is 341 g/mol. The van der Waals surface area contributed by atoms with Gasteiger partial charge in [-0.3, -0.25) is 4.79 Å². The van der Waals surface area contributed by atoms with Gasteiger partial charge in [0, 0.05) is 16.1 Å². The molecule has 2 aromatic carbocycles. The second kappa shape index (κ2) is 7.61. The Hall–Kier alpha value is -1.59. The SMILES string of the molecule is CCCSc1cc(C(=O)Nc2ccc(F)c(Cl)c2)ccc1F. The summed E-state index contributed by atoms with van der Waals surface area (Å²) in [4.78, 5) is 12.6. The fraction of sp³-hybridized carbons (Fsp3) is 0.188. The van der Waals surface area contributed by atoms with Crippen LogP contribution in [0.3, 0.4) is 0 Å². The molecule has 0 saturated heterocycles. The van der Waals surface area contributed by atoms with Gasteiger partial charge in [-0.05, 0) is 48.6 Å². The highest BCUT2D eigenvalue weighted by Crippen LogP contribution is 2.25. The van der Waals surface area contributed by atoms with Crippen molar-refractivity contribution in [3.8, 4) is 0 Å². The average Bonchev–Trinajstić information content (AvgIpc) is 2.50. The summed E-state index contributed by atoms with van der Waals surface area (Å²) in [6.07, 6.45) is 0.911. The van der Waals surface area contributed by atoms with Crippen LogP contribution in [0.25, 0.3) is 0 Å². The van der Waals surface area contributed by atoms with Crippen LogP contribution in [0.4, 0.5) is 14.5 Å². The van der Waals surface area contributed by atoms with Crippen molar-refractivity contribution in [2.45, 2.75) is 18.2 Å². The number of hydrogen-bond acceptors (Lipinski definition) is 2. The largest absolute Gasteiger partial charge is 0.322 e. The molecule has 0 heterocycles. The molecule has 1 amide bonds. The summed E-state index contributed by atoms with van der Waals surface area (Å²) in [5.41, 5.74) is 0.712. The van der Waals surface area contributed by atoms with Crippen LogP contribution in [0, 0.1) is 11.6 Å². The molecular formula is C16H14ClF2NOS. The van der Waals surface area contributed by atoms with Gasteiger partial charge in [0.1, 0.15) is 11.6 Å². The minimum absolute atomic E-state index is 0.0731. The van der Waals surface area contributed by atoms with Crippen LogP contribution in [0.1, 0.15) is 23.7 Å². The maximum atomic E-state index is 13.7. The molecule has 6 heteroatoms. The second-order valence-corrected chi connectivity index (χ2v) is 6.12. The van der Waals surface area contributed by atoms with Crippen molar-refractivity contribution in [2.24, 2.45) is 0 Å². The summed E-state index contributed by atoms with van der Waals surface area (Å²) in [5.74, 6) is -0.532. The van der Waals surface area contributed by atoms with Gasteiger partial charge in [-0.15, -0.1) is 11.8 Å². The summed E-state index contributed by atoms with van der Waals surface area (Å²) in [5, 5.41) is 2.53. The predicted molar refractivity (Wildman–Crippen MR) is 86.8 cm³/mol. The van der Waals surface area contributed by atoms with Gasteiger partial charge in [-0.1, -0.05) is 18.5 Å². The molecule has 22 heavy (non-hydrogen) atoms. The second-order valence-electron chi connectivity index (χ2n) is 4.58. The van der Waals surface area contributed by atoms with Crippen LogP contribution < -0.4 is 5.32 Å². The maximum Gasteiger partial charge on any atom is 0.255 e. The molecule has 0 saturated carbocycles. The highest BCUT2D eigenvalue weighted by Gasteiger charge is 2.11. The lowest BCUT2D eigenvalue weighted by Crippen LogP contribution is -2.12. The van der Waals surface area contributed by atoms with Crippen LogP contribution >= 0.6 is 23.4 Å². The van der Waals surface area contributed by atoms with E-state index in [1.54, 1.807) is 0 Å². The average molecular weight is 342 g/mol. The lowest BCUT2D eigenvalue weighted by atomic mass is 10.2. The van der Waals surface area contributed by atoms with E-state index in [0.717, 1.165) is 12.2 Å². The van der Waals surface area contributed by atoms with E-state index in [1.807, 2.05) is 6.92 Å². The fourth-order valence-electron chi connectivity index (χ4n) is 1.74. The summed E-state index contributed by atoms with van der Waals surface area (Å²) >= 11 is 7.03. The van der Waals surface area contributed by atoms with Gasteiger partial charge < -0.3 is 5.32 Å². The third-order valence-electron chi connectivity index (χ3n) is 2.83. The Morgan fingerprint density at radius 2 is 1.91 bits per heavy atom. The number of carbonyl (C=O) groups excluding carboxylic acids is 1. The van der Waals surface area contributed by atoms with Crippen molar-refractivity contribution in [3.05, 3.63) is 58.6 Å². The summed E-state index contributed by atoms with van der Waals surface area (Å²) in [6, 6.07) is 8.10. The zero-order chi connectivity index (χ0) is 16.1. The van der Waals surface area contributed by atoms with Crippen LogP contribution in [-0.4, -0.2) is 11.7 Å². The van der Waals surface area contributed by atoms with E-state index >= 15 is 0 Å². The number of hydrogen-bond donors (Lipinski definition) is 1. The van der Waals surface area contributed by atoms with Gasteiger partial charge in [-0.2, -0.15) is 0 Å². The molecule has 0 fully saturated rings. The van der Waals surface area contributed by atoms with E-state index in [9.17, 15) is 13.6 Å². The zero-order valence-electron chi connectivity index (χ0n) is 11.8. The number of rotatable bonds is 5. The first-order valence-electron chi connectivity index (χ1n) is 6.70. The molecule has 0 radical (unpaired) electrons. The number of nitrogens with one attached hydrogen (secondary N) is 1. The zero-order valence-corrected chi connectivity index (χ0v) is 13.4. The van der Waals surface area contributed by atoms with Crippen LogP contribution in [0.2, 0.25) is 5.02 Å². The smallest absolute Gasteiger partial charge is 0.255 e. The van der Waals surface area contributed by atoms with Gasteiger partial charge in [0.15, 0.2) is 0 Å². The Morgan fingerprint density at radius 1 is 1.18 bits per heavy atom. The first-order chi connectivity index (χ1) is 10.5. The Bertz CT molecular complexity index is 694. The van der Waals surface area contributed by atoms with Crippen molar-refractivity contribution < 1.29 is 13.6 Å². The molecule has 0 aliphatic carbocycles. The molecule has 1 N–H and O–H groups in total. The molecule has 0 bridgehead atoms. The van der Waals surface area contributed by atoms with Crippen LogP contribution in [0.5, 0.6) is 0 Å². The van der Waals surface area contributed by atoms with Crippen molar-refractivity contribution in [2.75, 3.05) is 11.1 Å². The van der Waals surface area contributed by atoms with Crippen molar-refractivity contribution in [1.82, 2.24) is 0 Å². The van der Waals surface area contributed by atoms with Gasteiger partial charge in [0.25, 0.3) is 5.91 Å². The quantitative estimate of drug-likeness (QED) is 0.740. The predicted octanol–water partition coefficient (Wildman–Crippen LogP) is 5.37. The first kappa shape index (κ1) is 16.8. The van der Waals surface area contributed by atoms with Crippen molar-refractivity contribution in [3.63, 3.8) is 0 Å². The van der Waals surface area contributed by atoms with E-state index in [4.69, 9.17) is 11.6 Å². The number of amides is 1. The van der Waals surface area contributed by atoms with Crippen LogP contribution in [0.15, 0.2) is 41.3 Å². The van der Waals surface area contributed by atoms with Crippen LogP contribution in [-0.2, 0) is 0 Å². The topological polar surface area (TPSA) is 29.1 Å². The molecule has 2 nitrogen and oxygen atoms in total. The first-order valence-corrected chi connectivity index (χ1v) is 8.06. The molecule has 0 aromatic heterocycles. The molecule has 0 spiro atoms. The summed E-state index contributed by atoms with van der Waals surface area (Å²) in [6.45, 7) is 2.00. The standard InChI is InChI=1S/C16H14ClF2NOS/c1-2-7-22-15-8-10(3-5-14(15)19)16(21)20-11-4-6-13(18)12(17)9-11/h3-6,8-9H,2,7H2,1H3,(H,20,21). The molecule has 0 atom stereocenters. The molecule has 116 valence electrons. The van der Waals surface area contributed by atoms with E-state index in [-0.39, 0.29) is 10.8 Å². The summed E-state index contributed by atoms with van der Waals surface area (Å²) < 4.78 is 26.8. The highest BCUT2D eigenvalue weighted by molar-refractivity contribution is 7.99. The number of anilines is 1. The van der Waals surface area contributed by atoms with Gasteiger partial charge >= 0.3 is 0 Å². The van der Waals surface area contributed by atoms with E-state index in [2.05, 4.69) is 5.32 Å². The number of carbonyl (C=O) groups is 1.